The van der Waals surface area contributed by atoms with Crippen LogP contribution in [0, 0.1) is 19.8 Å². The Morgan fingerprint density at radius 1 is 1.13 bits per heavy atom. The van der Waals surface area contributed by atoms with Crippen molar-refractivity contribution in [3.05, 3.63) is 58.9 Å². The number of hydrogen-bond donors (Lipinski definition) is 3. The monoisotopic (exact) mass is 422 g/mol. The van der Waals surface area contributed by atoms with Gasteiger partial charge in [0, 0.05) is 18.8 Å². The van der Waals surface area contributed by atoms with Crippen LogP contribution >= 0.6 is 0 Å². The minimum Gasteiger partial charge on any atom is -0.354 e. The number of nitrogens with zero attached hydrogens (tertiary/aromatic N) is 1. The molecule has 2 aromatic rings. The highest BCUT2D eigenvalue weighted by Gasteiger charge is 2.51. The smallest absolute Gasteiger partial charge is 0.322 e. The summed E-state index contributed by atoms with van der Waals surface area (Å²) in [5, 5.41) is 5.40. The first-order valence-electron chi connectivity index (χ1n) is 11.0. The standard InChI is InChI=1S/C24H30N4O3/c1-16-15-17(2)25-20(16)21(29)28-13-10-19(11-14-28)24(22(30)26-23(31)27-24)12-6-9-18-7-4-3-5-8-18/h3-5,7-8,15,19,25H,6,9-14H2,1-2H3,(H2,26,27,30,31)/t24-/m0/s1. The van der Waals surface area contributed by atoms with E-state index in [2.05, 4.69) is 27.8 Å². The summed E-state index contributed by atoms with van der Waals surface area (Å²) in [5.41, 5.74) is 2.89. The highest BCUT2D eigenvalue weighted by Crippen LogP contribution is 2.35. The second kappa shape index (κ2) is 8.57. The van der Waals surface area contributed by atoms with Crippen molar-refractivity contribution in [2.24, 2.45) is 5.92 Å². The minimum absolute atomic E-state index is 0.00193. The molecule has 3 N–H and O–H groups in total. The molecule has 164 valence electrons. The summed E-state index contributed by atoms with van der Waals surface area (Å²) in [4.78, 5) is 42.8. The molecule has 0 unspecified atom stereocenters. The van der Waals surface area contributed by atoms with Crippen molar-refractivity contribution in [2.45, 2.75) is 51.5 Å². The first-order chi connectivity index (χ1) is 14.9. The Kier molecular flexibility index (Phi) is 5.85. The maximum absolute atomic E-state index is 12.9. The lowest BCUT2D eigenvalue weighted by molar-refractivity contribution is -0.127. The van der Waals surface area contributed by atoms with Crippen LogP contribution in [-0.4, -0.2) is 46.4 Å². The fraction of sp³-hybridized carbons (Fsp3) is 0.458. The largest absolute Gasteiger partial charge is 0.354 e. The van der Waals surface area contributed by atoms with E-state index in [-0.39, 0.29) is 17.7 Å². The lowest BCUT2D eigenvalue weighted by atomic mass is 9.74. The van der Waals surface area contributed by atoms with Gasteiger partial charge in [0.25, 0.3) is 11.8 Å². The van der Waals surface area contributed by atoms with E-state index in [0.29, 0.717) is 38.0 Å². The molecule has 0 spiro atoms. The fourth-order valence-electron chi connectivity index (χ4n) is 5.07. The van der Waals surface area contributed by atoms with Crippen molar-refractivity contribution in [1.29, 1.82) is 0 Å². The van der Waals surface area contributed by atoms with Gasteiger partial charge in [-0.25, -0.2) is 4.79 Å². The number of urea groups is 1. The first-order valence-corrected chi connectivity index (χ1v) is 11.0. The summed E-state index contributed by atoms with van der Waals surface area (Å²) >= 11 is 0. The molecule has 31 heavy (non-hydrogen) atoms. The van der Waals surface area contributed by atoms with Crippen LogP contribution in [0.4, 0.5) is 4.79 Å². The molecule has 2 aliphatic heterocycles. The van der Waals surface area contributed by atoms with E-state index in [4.69, 9.17) is 0 Å². The van der Waals surface area contributed by atoms with E-state index in [9.17, 15) is 14.4 Å². The second-order valence-electron chi connectivity index (χ2n) is 8.80. The van der Waals surface area contributed by atoms with Crippen molar-refractivity contribution in [1.82, 2.24) is 20.5 Å². The van der Waals surface area contributed by atoms with Gasteiger partial charge >= 0.3 is 6.03 Å². The third-order valence-corrected chi connectivity index (χ3v) is 6.69. The van der Waals surface area contributed by atoms with Gasteiger partial charge in [-0.05, 0) is 69.1 Å². The Morgan fingerprint density at radius 3 is 2.42 bits per heavy atom. The minimum atomic E-state index is -0.889. The summed E-state index contributed by atoms with van der Waals surface area (Å²) in [5.74, 6) is -0.224. The van der Waals surface area contributed by atoms with Crippen LogP contribution in [0.3, 0.4) is 0 Å². The predicted octanol–water partition coefficient (Wildman–Crippen LogP) is 3.08. The van der Waals surface area contributed by atoms with E-state index >= 15 is 0 Å². The van der Waals surface area contributed by atoms with Crippen LogP contribution < -0.4 is 10.6 Å². The number of likely N-dealkylation sites (tertiary alicyclic amines) is 1. The van der Waals surface area contributed by atoms with Gasteiger partial charge in [-0.1, -0.05) is 30.3 Å². The molecule has 2 saturated heterocycles. The molecule has 2 fully saturated rings. The number of piperidine rings is 1. The number of aromatic nitrogens is 1. The predicted molar refractivity (Wildman–Crippen MR) is 118 cm³/mol. The van der Waals surface area contributed by atoms with Gasteiger partial charge in [-0.3, -0.25) is 14.9 Å². The topological polar surface area (TPSA) is 94.3 Å². The second-order valence-corrected chi connectivity index (χ2v) is 8.80. The lowest BCUT2D eigenvalue weighted by Crippen LogP contribution is -2.56. The van der Waals surface area contributed by atoms with Gasteiger partial charge in [-0.15, -0.1) is 0 Å². The highest BCUT2D eigenvalue weighted by atomic mass is 16.2. The maximum atomic E-state index is 12.9. The van der Waals surface area contributed by atoms with E-state index in [0.717, 1.165) is 24.1 Å². The number of imide groups is 1. The molecular formula is C24H30N4O3. The molecule has 4 amide bonds. The summed E-state index contributed by atoms with van der Waals surface area (Å²) in [7, 11) is 0. The number of carbonyl (C=O) groups is 3. The van der Waals surface area contributed by atoms with Crippen molar-refractivity contribution in [3.8, 4) is 0 Å². The maximum Gasteiger partial charge on any atom is 0.322 e. The first kappa shape index (κ1) is 21.2. The van der Waals surface area contributed by atoms with Crippen LogP contribution in [0.2, 0.25) is 0 Å². The van der Waals surface area contributed by atoms with Gasteiger partial charge in [-0.2, -0.15) is 0 Å². The van der Waals surface area contributed by atoms with Gasteiger partial charge in [0.05, 0.1) is 0 Å². The SMILES string of the molecule is Cc1cc(C)c(C(=O)N2CCC([C@]3(CCCc4ccccc4)NC(=O)NC3=O)CC2)[nH]1. The Balaban J connectivity index is 1.42. The zero-order valence-corrected chi connectivity index (χ0v) is 18.2. The molecule has 0 saturated carbocycles. The van der Waals surface area contributed by atoms with E-state index in [1.54, 1.807) is 0 Å². The van der Waals surface area contributed by atoms with Crippen LogP contribution in [0.15, 0.2) is 36.4 Å². The summed E-state index contributed by atoms with van der Waals surface area (Å²) < 4.78 is 0. The molecule has 3 heterocycles. The Morgan fingerprint density at radius 2 is 1.84 bits per heavy atom. The number of carbonyl (C=O) groups excluding carboxylic acids is 3. The quantitative estimate of drug-likeness (QED) is 0.625. The van der Waals surface area contributed by atoms with Crippen LogP contribution in [0.25, 0.3) is 0 Å². The zero-order valence-electron chi connectivity index (χ0n) is 18.2. The highest BCUT2D eigenvalue weighted by molar-refractivity contribution is 6.07. The number of benzene rings is 1. The average molecular weight is 423 g/mol. The number of hydrogen-bond acceptors (Lipinski definition) is 3. The third-order valence-electron chi connectivity index (χ3n) is 6.69. The Hall–Kier alpha value is -3.09. The van der Waals surface area contributed by atoms with E-state index in [1.165, 1.54) is 5.56 Å². The summed E-state index contributed by atoms with van der Waals surface area (Å²) in [6.45, 7) is 5.02. The number of amides is 4. The molecule has 7 nitrogen and oxygen atoms in total. The van der Waals surface area contributed by atoms with Crippen LogP contribution in [0.1, 0.15) is 53.0 Å². The molecule has 1 aromatic carbocycles. The molecule has 7 heteroatoms. The van der Waals surface area contributed by atoms with Crippen molar-refractivity contribution >= 4 is 17.8 Å². The van der Waals surface area contributed by atoms with Crippen molar-refractivity contribution in [3.63, 3.8) is 0 Å². The molecule has 1 aromatic heterocycles. The Labute approximate surface area is 182 Å². The number of rotatable bonds is 6. The number of H-pyrrole nitrogens is 1. The molecule has 4 rings (SSSR count). The third kappa shape index (κ3) is 4.22. The van der Waals surface area contributed by atoms with Crippen LogP contribution in [-0.2, 0) is 11.2 Å². The molecule has 1 atom stereocenters. The van der Waals surface area contributed by atoms with Gasteiger partial charge in [0.2, 0.25) is 0 Å². The van der Waals surface area contributed by atoms with Crippen molar-refractivity contribution < 1.29 is 14.4 Å². The van der Waals surface area contributed by atoms with E-state index < -0.39 is 11.6 Å². The zero-order chi connectivity index (χ0) is 22.0. The number of aromatic amines is 1. The number of aryl methyl sites for hydroxylation is 3. The Bertz CT molecular complexity index is 976. The molecule has 0 bridgehead atoms. The van der Waals surface area contributed by atoms with E-state index in [1.807, 2.05) is 43.0 Å². The van der Waals surface area contributed by atoms with Gasteiger partial charge in [0.15, 0.2) is 0 Å². The lowest BCUT2D eigenvalue weighted by Gasteiger charge is -2.40. The molecule has 2 aliphatic rings. The van der Waals surface area contributed by atoms with Crippen molar-refractivity contribution in [2.75, 3.05) is 13.1 Å². The van der Waals surface area contributed by atoms with Crippen LogP contribution in [0.5, 0.6) is 0 Å². The van der Waals surface area contributed by atoms with Gasteiger partial charge < -0.3 is 15.2 Å². The fourth-order valence-corrected chi connectivity index (χ4v) is 5.07. The van der Waals surface area contributed by atoms with Gasteiger partial charge in [0.1, 0.15) is 11.2 Å². The summed E-state index contributed by atoms with van der Waals surface area (Å²) in [6.07, 6.45) is 3.62. The number of nitrogens with one attached hydrogen (secondary N) is 3. The molecule has 0 aliphatic carbocycles. The molecular weight excluding hydrogens is 392 g/mol. The normalized spacial score (nSPS) is 21.8. The summed E-state index contributed by atoms with van der Waals surface area (Å²) in [6, 6.07) is 11.7. The molecule has 0 radical (unpaired) electrons. The average Bonchev–Trinajstić information content (AvgIpc) is 3.25.